The molecule has 0 saturated carbocycles. The van der Waals surface area contributed by atoms with Crippen molar-refractivity contribution < 1.29 is 0 Å². The van der Waals surface area contributed by atoms with Gasteiger partial charge < -0.3 is 5.73 Å². The molecule has 64 valence electrons. The number of nitrogen functional groups attached to an aromatic ring is 1. The first-order valence-electron chi connectivity index (χ1n) is 3.74. The average Bonchev–Trinajstić information content (AvgIpc) is 2.29. The second-order valence-corrected chi connectivity index (χ2v) is 4.63. The first-order valence-corrected chi connectivity index (χ1v) is 4.62. The highest BCUT2D eigenvalue weighted by atomic mass is 32.1. The summed E-state index contributed by atoms with van der Waals surface area (Å²) < 4.78 is 0. The molecule has 2 nitrogen and oxygen atoms in total. The smallest absolute Gasteiger partial charge is 0.128 e. The van der Waals surface area contributed by atoms with Crippen molar-refractivity contribution in [2.24, 2.45) is 0 Å². The van der Waals surface area contributed by atoms with E-state index in [9.17, 15) is 0 Å². The van der Waals surface area contributed by atoms with Gasteiger partial charge in [-0.1, -0.05) is 20.8 Å². The fraction of sp³-hybridized carbons (Fsp3) is 0.444. The summed E-state index contributed by atoms with van der Waals surface area (Å²) in [5, 5.41) is 10.6. The van der Waals surface area contributed by atoms with Gasteiger partial charge in [0.1, 0.15) is 10.9 Å². The number of nitrogens with zero attached hydrogens (tertiary/aromatic N) is 1. The van der Waals surface area contributed by atoms with Crippen LogP contribution in [0.3, 0.4) is 0 Å². The maximum atomic E-state index is 8.68. The highest BCUT2D eigenvalue weighted by Gasteiger charge is 2.20. The summed E-state index contributed by atoms with van der Waals surface area (Å²) >= 11 is 1.42. The average molecular weight is 180 g/mol. The van der Waals surface area contributed by atoms with Gasteiger partial charge in [-0.05, 0) is 16.4 Å². The van der Waals surface area contributed by atoms with E-state index in [1.54, 1.807) is 0 Å². The van der Waals surface area contributed by atoms with Crippen LogP contribution in [-0.2, 0) is 5.41 Å². The third-order valence-electron chi connectivity index (χ3n) is 1.74. The van der Waals surface area contributed by atoms with Crippen molar-refractivity contribution in [1.82, 2.24) is 0 Å². The number of hydrogen-bond acceptors (Lipinski definition) is 3. The third kappa shape index (κ3) is 1.44. The molecule has 0 aliphatic rings. The van der Waals surface area contributed by atoms with E-state index in [1.165, 1.54) is 11.3 Å². The largest absolute Gasteiger partial charge is 0.397 e. The second kappa shape index (κ2) is 2.80. The van der Waals surface area contributed by atoms with Gasteiger partial charge in [-0.3, -0.25) is 0 Å². The lowest BCUT2D eigenvalue weighted by molar-refractivity contribution is 0.595. The van der Waals surface area contributed by atoms with Gasteiger partial charge in [0, 0.05) is 0 Å². The molecule has 0 atom stereocenters. The van der Waals surface area contributed by atoms with E-state index < -0.39 is 0 Å². The maximum absolute atomic E-state index is 8.68. The van der Waals surface area contributed by atoms with Crippen LogP contribution in [-0.4, -0.2) is 0 Å². The van der Waals surface area contributed by atoms with Gasteiger partial charge in [-0.15, -0.1) is 11.3 Å². The summed E-state index contributed by atoms with van der Waals surface area (Å²) in [7, 11) is 0. The summed E-state index contributed by atoms with van der Waals surface area (Å²) in [6.45, 7) is 6.27. The Bertz CT molecular complexity index is 325. The summed E-state index contributed by atoms with van der Waals surface area (Å²) in [5.41, 5.74) is 7.55. The minimum absolute atomic E-state index is 0.0374. The van der Waals surface area contributed by atoms with E-state index >= 15 is 0 Å². The highest BCUT2D eigenvalue weighted by Crippen LogP contribution is 2.33. The molecule has 0 aliphatic heterocycles. The molecular formula is C9H12N2S. The molecule has 12 heavy (non-hydrogen) atoms. The van der Waals surface area contributed by atoms with Gasteiger partial charge in [0.15, 0.2) is 0 Å². The Morgan fingerprint density at radius 1 is 1.50 bits per heavy atom. The SMILES string of the molecule is CC(C)(C)c1csc(C#N)c1N. The molecule has 3 heteroatoms. The van der Waals surface area contributed by atoms with E-state index in [1.807, 2.05) is 5.38 Å². The molecule has 0 bridgehead atoms. The first kappa shape index (κ1) is 9.08. The molecule has 0 spiro atoms. The number of hydrogen-bond donors (Lipinski definition) is 1. The summed E-state index contributed by atoms with van der Waals surface area (Å²) in [6, 6.07) is 2.08. The Morgan fingerprint density at radius 3 is 2.33 bits per heavy atom. The van der Waals surface area contributed by atoms with Crippen LogP contribution in [0.5, 0.6) is 0 Å². The maximum Gasteiger partial charge on any atom is 0.128 e. The molecule has 1 heterocycles. The van der Waals surface area contributed by atoms with Crippen LogP contribution in [0.15, 0.2) is 5.38 Å². The predicted molar refractivity (Wildman–Crippen MR) is 52.1 cm³/mol. The van der Waals surface area contributed by atoms with E-state index in [4.69, 9.17) is 11.0 Å². The van der Waals surface area contributed by atoms with Crippen LogP contribution in [0.25, 0.3) is 0 Å². The van der Waals surface area contributed by atoms with Crippen molar-refractivity contribution in [3.63, 3.8) is 0 Å². The van der Waals surface area contributed by atoms with Crippen molar-refractivity contribution >= 4 is 17.0 Å². The van der Waals surface area contributed by atoms with Gasteiger partial charge in [0.2, 0.25) is 0 Å². The minimum atomic E-state index is 0.0374. The lowest BCUT2D eigenvalue weighted by Gasteiger charge is -2.17. The molecule has 0 radical (unpaired) electrons. The molecule has 0 amide bonds. The van der Waals surface area contributed by atoms with Gasteiger partial charge in [-0.25, -0.2) is 0 Å². The fourth-order valence-corrected chi connectivity index (χ4v) is 2.04. The van der Waals surface area contributed by atoms with Gasteiger partial charge >= 0.3 is 0 Å². The summed E-state index contributed by atoms with van der Waals surface area (Å²) in [6.07, 6.45) is 0. The fourth-order valence-electron chi connectivity index (χ4n) is 1.03. The number of anilines is 1. The first-order chi connectivity index (χ1) is 5.46. The standard InChI is InChI=1S/C9H12N2S/c1-9(2,3)6-5-12-7(4-10)8(6)11/h5H,11H2,1-3H3. The Kier molecular flexibility index (Phi) is 2.12. The van der Waals surface area contributed by atoms with Crippen LogP contribution in [0, 0.1) is 11.3 Å². The number of rotatable bonds is 0. The highest BCUT2D eigenvalue weighted by molar-refractivity contribution is 7.11. The topological polar surface area (TPSA) is 49.8 Å². The van der Waals surface area contributed by atoms with Crippen molar-refractivity contribution in [1.29, 1.82) is 5.26 Å². The number of nitriles is 1. The zero-order chi connectivity index (χ0) is 9.35. The van der Waals surface area contributed by atoms with Crippen molar-refractivity contribution in [2.75, 3.05) is 5.73 Å². The van der Waals surface area contributed by atoms with Gasteiger partial charge in [-0.2, -0.15) is 5.26 Å². The predicted octanol–water partition coefficient (Wildman–Crippen LogP) is 2.50. The Balaban J connectivity index is 3.22. The van der Waals surface area contributed by atoms with E-state index in [0.717, 1.165) is 5.56 Å². The summed E-state index contributed by atoms with van der Waals surface area (Å²) in [4.78, 5) is 0.625. The number of thiophene rings is 1. The number of nitrogens with two attached hydrogens (primary N) is 1. The van der Waals surface area contributed by atoms with Crippen LogP contribution in [0.4, 0.5) is 5.69 Å². The molecule has 0 saturated heterocycles. The molecule has 1 rings (SSSR count). The van der Waals surface area contributed by atoms with Crippen molar-refractivity contribution in [3.05, 3.63) is 15.8 Å². The van der Waals surface area contributed by atoms with E-state index in [2.05, 4.69) is 26.8 Å². The van der Waals surface area contributed by atoms with Crippen molar-refractivity contribution in [3.8, 4) is 6.07 Å². The second-order valence-electron chi connectivity index (χ2n) is 3.75. The molecular weight excluding hydrogens is 168 g/mol. The molecule has 0 fully saturated rings. The Labute approximate surface area is 76.6 Å². The minimum Gasteiger partial charge on any atom is -0.397 e. The van der Waals surface area contributed by atoms with Gasteiger partial charge in [0.25, 0.3) is 0 Å². The molecule has 0 aromatic carbocycles. The lowest BCUT2D eigenvalue weighted by atomic mass is 9.88. The van der Waals surface area contributed by atoms with Gasteiger partial charge in [0.05, 0.1) is 5.69 Å². The zero-order valence-corrected chi connectivity index (χ0v) is 8.33. The van der Waals surface area contributed by atoms with E-state index in [0.29, 0.717) is 10.6 Å². The Hall–Kier alpha value is -1.01. The summed E-state index contributed by atoms with van der Waals surface area (Å²) in [5.74, 6) is 0. The molecule has 0 aliphatic carbocycles. The quantitative estimate of drug-likeness (QED) is 0.667. The third-order valence-corrected chi connectivity index (χ3v) is 2.64. The van der Waals surface area contributed by atoms with Crippen LogP contribution >= 0.6 is 11.3 Å². The van der Waals surface area contributed by atoms with E-state index in [-0.39, 0.29) is 5.41 Å². The lowest BCUT2D eigenvalue weighted by Crippen LogP contribution is -2.12. The van der Waals surface area contributed by atoms with Crippen LogP contribution in [0.2, 0.25) is 0 Å². The Morgan fingerprint density at radius 2 is 2.08 bits per heavy atom. The molecule has 1 aromatic rings. The van der Waals surface area contributed by atoms with Crippen molar-refractivity contribution in [2.45, 2.75) is 26.2 Å². The zero-order valence-electron chi connectivity index (χ0n) is 7.51. The molecule has 2 N–H and O–H groups in total. The van der Waals surface area contributed by atoms with Crippen LogP contribution < -0.4 is 5.73 Å². The molecule has 1 aromatic heterocycles. The van der Waals surface area contributed by atoms with Crippen LogP contribution in [0.1, 0.15) is 31.2 Å². The monoisotopic (exact) mass is 180 g/mol. The normalized spacial score (nSPS) is 11.2. The molecule has 0 unspecified atom stereocenters.